The molecule has 6 heteroatoms. The Morgan fingerprint density at radius 2 is 1.84 bits per heavy atom. The topological polar surface area (TPSA) is 57.6 Å². The molecule has 0 fully saturated rings. The summed E-state index contributed by atoms with van der Waals surface area (Å²) in [4.78, 5) is 0.242. The quantitative estimate of drug-likeness (QED) is 0.749. The molecule has 0 bridgehead atoms. The van der Waals surface area contributed by atoms with Crippen molar-refractivity contribution in [1.82, 2.24) is 4.31 Å². The second-order valence-corrected chi connectivity index (χ2v) is 6.46. The van der Waals surface area contributed by atoms with Gasteiger partial charge < -0.3 is 5.11 Å². The number of sulfonamides is 1. The van der Waals surface area contributed by atoms with Gasteiger partial charge in [-0.1, -0.05) is 25.5 Å². The summed E-state index contributed by atoms with van der Waals surface area (Å²) in [5.41, 5.74) is 0.878. The van der Waals surface area contributed by atoms with Crippen LogP contribution < -0.4 is 0 Å². The second kappa shape index (κ2) is 7.85. The van der Waals surface area contributed by atoms with E-state index in [9.17, 15) is 8.42 Å². The summed E-state index contributed by atoms with van der Waals surface area (Å²) in [6.07, 6.45) is 1.68. The molecule has 1 N–H and O–H groups in total. The molecular formula is C13H20ClNO3S. The molecule has 1 aromatic rings. The highest BCUT2D eigenvalue weighted by Gasteiger charge is 2.23. The number of aliphatic hydroxyl groups excluding tert-OH is 1. The lowest BCUT2D eigenvalue weighted by Gasteiger charge is -2.21. The van der Waals surface area contributed by atoms with Gasteiger partial charge in [0, 0.05) is 19.0 Å². The predicted octanol–water partition coefficient (Wildman–Crippen LogP) is 2.21. The number of hydrogen-bond donors (Lipinski definition) is 1. The molecule has 0 aliphatic heterocycles. The van der Waals surface area contributed by atoms with E-state index < -0.39 is 10.0 Å². The van der Waals surface area contributed by atoms with Crippen molar-refractivity contribution in [2.24, 2.45) is 0 Å². The summed E-state index contributed by atoms with van der Waals surface area (Å²) in [5, 5.41) is 9.00. The largest absolute Gasteiger partial charge is 0.395 e. The van der Waals surface area contributed by atoms with Gasteiger partial charge in [-0.3, -0.25) is 0 Å². The smallest absolute Gasteiger partial charge is 0.243 e. The van der Waals surface area contributed by atoms with Crippen molar-refractivity contribution >= 4 is 21.6 Å². The molecule has 0 aliphatic carbocycles. The zero-order chi connectivity index (χ0) is 14.3. The lowest BCUT2D eigenvalue weighted by atomic mass is 10.2. The average Bonchev–Trinajstić information content (AvgIpc) is 2.43. The second-order valence-electron chi connectivity index (χ2n) is 4.26. The van der Waals surface area contributed by atoms with Crippen molar-refractivity contribution < 1.29 is 13.5 Å². The summed E-state index contributed by atoms with van der Waals surface area (Å²) in [7, 11) is -3.53. The molecule has 0 atom stereocenters. The van der Waals surface area contributed by atoms with Crippen molar-refractivity contribution in [2.45, 2.75) is 30.5 Å². The van der Waals surface area contributed by atoms with Gasteiger partial charge in [0.15, 0.2) is 0 Å². The van der Waals surface area contributed by atoms with E-state index in [-0.39, 0.29) is 18.0 Å². The van der Waals surface area contributed by atoms with Crippen molar-refractivity contribution in [3.63, 3.8) is 0 Å². The van der Waals surface area contributed by atoms with Crippen molar-refractivity contribution in [1.29, 1.82) is 0 Å². The first kappa shape index (κ1) is 16.4. The van der Waals surface area contributed by atoms with Gasteiger partial charge in [-0.15, -0.1) is 11.6 Å². The molecule has 0 saturated heterocycles. The Hall–Kier alpha value is -0.620. The summed E-state index contributed by atoms with van der Waals surface area (Å²) >= 11 is 5.68. The molecule has 1 rings (SSSR count). The van der Waals surface area contributed by atoms with E-state index in [2.05, 4.69) is 0 Å². The van der Waals surface area contributed by atoms with Crippen molar-refractivity contribution in [3.8, 4) is 0 Å². The first-order valence-electron chi connectivity index (χ1n) is 6.32. The van der Waals surface area contributed by atoms with Crippen LogP contribution in [-0.4, -0.2) is 37.5 Å². The van der Waals surface area contributed by atoms with Gasteiger partial charge in [-0.25, -0.2) is 8.42 Å². The molecule has 19 heavy (non-hydrogen) atoms. The molecule has 0 saturated carbocycles. The molecule has 0 aliphatic rings. The van der Waals surface area contributed by atoms with Gasteiger partial charge in [0.2, 0.25) is 10.0 Å². The van der Waals surface area contributed by atoms with Crippen LogP contribution in [-0.2, 0) is 15.9 Å². The Balaban J connectivity index is 2.96. The molecule has 0 aromatic heterocycles. The number of halogens is 1. The molecule has 108 valence electrons. The Morgan fingerprint density at radius 1 is 1.21 bits per heavy atom. The van der Waals surface area contributed by atoms with Crippen LogP contribution >= 0.6 is 11.6 Å². The van der Waals surface area contributed by atoms with Gasteiger partial charge in [0.05, 0.1) is 11.5 Å². The highest BCUT2D eigenvalue weighted by atomic mass is 35.5. The Kier molecular flexibility index (Phi) is 6.79. The molecule has 0 spiro atoms. The number of hydrogen-bond acceptors (Lipinski definition) is 3. The van der Waals surface area contributed by atoms with Crippen LogP contribution in [0.4, 0.5) is 0 Å². The fourth-order valence-electron chi connectivity index (χ4n) is 1.70. The molecule has 0 radical (unpaired) electrons. The summed E-state index contributed by atoms with van der Waals surface area (Å²) in [5.74, 6) is 0.358. The van der Waals surface area contributed by atoms with Crippen LogP contribution in [0.3, 0.4) is 0 Å². The third kappa shape index (κ3) is 4.45. The lowest BCUT2D eigenvalue weighted by Crippen LogP contribution is -2.34. The van der Waals surface area contributed by atoms with Gasteiger partial charge >= 0.3 is 0 Å². The number of alkyl halides is 1. The van der Waals surface area contributed by atoms with Crippen LogP contribution in [0.15, 0.2) is 29.2 Å². The average molecular weight is 306 g/mol. The Labute approximate surface area is 120 Å². The fourth-order valence-corrected chi connectivity index (χ4v) is 3.35. The van der Waals surface area contributed by atoms with Crippen LogP contribution in [0.25, 0.3) is 0 Å². The van der Waals surface area contributed by atoms with E-state index in [1.54, 1.807) is 24.3 Å². The number of aliphatic hydroxyl groups is 1. The van der Waals surface area contributed by atoms with Gasteiger partial charge in [-0.2, -0.15) is 4.31 Å². The maximum atomic E-state index is 12.4. The van der Waals surface area contributed by atoms with E-state index >= 15 is 0 Å². The molecule has 4 nitrogen and oxygen atoms in total. The minimum absolute atomic E-state index is 0.125. The first-order chi connectivity index (χ1) is 9.06. The van der Waals surface area contributed by atoms with E-state index in [1.165, 1.54) is 4.31 Å². The van der Waals surface area contributed by atoms with Crippen LogP contribution in [0.1, 0.15) is 25.3 Å². The van der Waals surface area contributed by atoms with Gasteiger partial charge in [-0.05, 0) is 24.1 Å². The monoisotopic (exact) mass is 305 g/mol. The number of nitrogens with zero attached hydrogens (tertiary/aromatic N) is 1. The predicted molar refractivity (Wildman–Crippen MR) is 76.8 cm³/mol. The highest BCUT2D eigenvalue weighted by molar-refractivity contribution is 7.89. The van der Waals surface area contributed by atoms with E-state index in [1.807, 2.05) is 6.92 Å². The van der Waals surface area contributed by atoms with Gasteiger partial charge in [0.25, 0.3) is 0 Å². The Bertz CT molecular complexity index is 473. The van der Waals surface area contributed by atoms with Crippen molar-refractivity contribution in [2.75, 3.05) is 19.7 Å². The molecule has 0 amide bonds. The van der Waals surface area contributed by atoms with E-state index in [0.29, 0.717) is 12.4 Å². The highest BCUT2D eigenvalue weighted by Crippen LogP contribution is 2.17. The minimum atomic E-state index is -3.53. The van der Waals surface area contributed by atoms with Crippen LogP contribution in [0, 0.1) is 0 Å². The normalized spacial score (nSPS) is 12.0. The molecule has 0 heterocycles. The zero-order valence-electron chi connectivity index (χ0n) is 11.0. The maximum Gasteiger partial charge on any atom is 0.243 e. The van der Waals surface area contributed by atoms with Crippen LogP contribution in [0.5, 0.6) is 0 Å². The molecule has 1 aromatic carbocycles. The van der Waals surface area contributed by atoms with E-state index in [4.69, 9.17) is 16.7 Å². The minimum Gasteiger partial charge on any atom is -0.395 e. The summed E-state index contributed by atoms with van der Waals surface area (Å²) < 4.78 is 26.1. The standard InChI is InChI=1S/C13H20ClNO3S/c1-2-3-8-15(9-10-16)19(17,18)13-6-4-12(11-14)5-7-13/h4-7,16H,2-3,8-11H2,1H3. The maximum absolute atomic E-state index is 12.4. The van der Waals surface area contributed by atoms with E-state index in [0.717, 1.165) is 18.4 Å². The summed E-state index contributed by atoms with van der Waals surface area (Å²) in [6.45, 7) is 2.37. The molecule has 0 unspecified atom stereocenters. The number of unbranched alkanes of at least 4 members (excludes halogenated alkanes) is 1. The lowest BCUT2D eigenvalue weighted by molar-refractivity contribution is 0.252. The van der Waals surface area contributed by atoms with Crippen LogP contribution in [0.2, 0.25) is 0 Å². The first-order valence-corrected chi connectivity index (χ1v) is 8.29. The Morgan fingerprint density at radius 3 is 2.32 bits per heavy atom. The fraction of sp³-hybridized carbons (Fsp3) is 0.538. The third-order valence-electron chi connectivity index (χ3n) is 2.83. The number of benzene rings is 1. The van der Waals surface area contributed by atoms with Gasteiger partial charge in [0.1, 0.15) is 0 Å². The number of rotatable bonds is 8. The molecular weight excluding hydrogens is 286 g/mol. The zero-order valence-corrected chi connectivity index (χ0v) is 12.6. The SMILES string of the molecule is CCCCN(CCO)S(=O)(=O)c1ccc(CCl)cc1. The summed E-state index contributed by atoms with van der Waals surface area (Å²) in [6, 6.07) is 6.53. The third-order valence-corrected chi connectivity index (χ3v) is 5.05. The van der Waals surface area contributed by atoms with Crippen molar-refractivity contribution in [3.05, 3.63) is 29.8 Å².